The molecule has 82 valence electrons. The zero-order chi connectivity index (χ0) is 11.3. The van der Waals surface area contributed by atoms with E-state index in [2.05, 4.69) is 15.3 Å². The molecule has 7 heteroatoms. The molecule has 15 heavy (non-hydrogen) atoms. The van der Waals surface area contributed by atoms with Gasteiger partial charge in [-0.3, -0.25) is 10.1 Å². The standard InChI is InChI=1S/C8H11ClN4O2/c1-15-5(4-10)7(14)13-8-11-3-2-6(9)12-8/h2-3,5H,4,10H2,1H3,(H,11,12,13,14). The van der Waals surface area contributed by atoms with Crippen LogP contribution in [-0.4, -0.2) is 35.6 Å². The van der Waals surface area contributed by atoms with Gasteiger partial charge in [0.25, 0.3) is 5.91 Å². The van der Waals surface area contributed by atoms with Crippen LogP contribution in [0.5, 0.6) is 0 Å². The number of nitrogens with zero attached hydrogens (tertiary/aromatic N) is 2. The van der Waals surface area contributed by atoms with Crippen molar-refractivity contribution in [3.8, 4) is 0 Å². The summed E-state index contributed by atoms with van der Waals surface area (Å²) in [6.07, 6.45) is 0.724. The second-order valence-corrected chi connectivity index (χ2v) is 3.04. The number of nitrogens with two attached hydrogens (primary N) is 1. The lowest BCUT2D eigenvalue weighted by atomic mass is 10.3. The van der Waals surface area contributed by atoms with E-state index in [0.29, 0.717) is 0 Å². The Kier molecular flexibility index (Phi) is 4.41. The Morgan fingerprint density at radius 2 is 2.53 bits per heavy atom. The summed E-state index contributed by atoms with van der Waals surface area (Å²) in [4.78, 5) is 19.0. The maximum absolute atomic E-state index is 11.4. The summed E-state index contributed by atoms with van der Waals surface area (Å²) >= 11 is 5.62. The monoisotopic (exact) mass is 230 g/mol. The average molecular weight is 231 g/mol. The predicted octanol–water partition coefficient (Wildman–Crippen LogP) is 0.0422. The van der Waals surface area contributed by atoms with Crippen LogP contribution in [0.15, 0.2) is 12.3 Å². The number of carbonyl (C=O) groups is 1. The van der Waals surface area contributed by atoms with Crippen molar-refractivity contribution in [2.75, 3.05) is 19.0 Å². The lowest BCUT2D eigenvalue weighted by Gasteiger charge is -2.11. The van der Waals surface area contributed by atoms with E-state index in [1.165, 1.54) is 19.4 Å². The first kappa shape index (κ1) is 11.8. The molecular formula is C8H11ClN4O2. The van der Waals surface area contributed by atoms with Gasteiger partial charge in [0.2, 0.25) is 5.95 Å². The zero-order valence-electron chi connectivity index (χ0n) is 8.11. The molecule has 1 rings (SSSR count). The van der Waals surface area contributed by atoms with Crippen molar-refractivity contribution >= 4 is 23.5 Å². The van der Waals surface area contributed by atoms with E-state index in [1.54, 1.807) is 0 Å². The van der Waals surface area contributed by atoms with Crippen LogP contribution in [0.25, 0.3) is 0 Å². The second kappa shape index (κ2) is 5.59. The minimum atomic E-state index is -0.715. The summed E-state index contributed by atoms with van der Waals surface area (Å²) in [6.45, 7) is 0.0862. The molecule has 0 fully saturated rings. The lowest BCUT2D eigenvalue weighted by molar-refractivity contribution is -0.125. The lowest BCUT2D eigenvalue weighted by Crippen LogP contribution is -2.36. The van der Waals surface area contributed by atoms with Gasteiger partial charge in [0.1, 0.15) is 11.3 Å². The summed E-state index contributed by atoms with van der Waals surface area (Å²) in [7, 11) is 1.40. The van der Waals surface area contributed by atoms with Crippen LogP contribution < -0.4 is 11.1 Å². The third kappa shape index (κ3) is 3.43. The van der Waals surface area contributed by atoms with Gasteiger partial charge in [-0.1, -0.05) is 11.6 Å². The Bertz CT molecular complexity index is 343. The first-order valence-corrected chi connectivity index (χ1v) is 4.57. The van der Waals surface area contributed by atoms with Gasteiger partial charge in [0, 0.05) is 19.9 Å². The Morgan fingerprint density at radius 1 is 1.80 bits per heavy atom. The highest BCUT2D eigenvalue weighted by Crippen LogP contribution is 2.06. The summed E-state index contributed by atoms with van der Waals surface area (Å²) < 4.78 is 4.84. The van der Waals surface area contributed by atoms with E-state index in [-0.39, 0.29) is 17.6 Å². The van der Waals surface area contributed by atoms with Crippen LogP contribution in [0.4, 0.5) is 5.95 Å². The first-order chi connectivity index (χ1) is 7.17. The van der Waals surface area contributed by atoms with Gasteiger partial charge < -0.3 is 10.5 Å². The number of ether oxygens (including phenoxy) is 1. The van der Waals surface area contributed by atoms with Gasteiger partial charge in [0.05, 0.1) is 0 Å². The molecule has 1 heterocycles. The van der Waals surface area contributed by atoms with Crippen LogP contribution in [0.1, 0.15) is 0 Å². The molecule has 0 aliphatic rings. The molecule has 0 aromatic carbocycles. The van der Waals surface area contributed by atoms with Crippen molar-refractivity contribution in [3.05, 3.63) is 17.4 Å². The topological polar surface area (TPSA) is 90.1 Å². The number of methoxy groups -OCH3 is 1. The van der Waals surface area contributed by atoms with Crippen LogP contribution in [-0.2, 0) is 9.53 Å². The fraction of sp³-hybridized carbons (Fsp3) is 0.375. The number of rotatable bonds is 4. The number of anilines is 1. The quantitative estimate of drug-likeness (QED) is 0.713. The van der Waals surface area contributed by atoms with E-state index in [4.69, 9.17) is 22.1 Å². The highest BCUT2D eigenvalue weighted by atomic mass is 35.5. The number of carbonyl (C=O) groups excluding carboxylic acids is 1. The van der Waals surface area contributed by atoms with Crippen molar-refractivity contribution in [1.82, 2.24) is 9.97 Å². The highest BCUT2D eigenvalue weighted by Gasteiger charge is 2.16. The van der Waals surface area contributed by atoms with Crippen molar-refractivity contribution in [1.29, 1.82) is 0 Å². The van der Waals surface area contributed by atoms with Gasteiger partial charge >= 0.3 is 0 Å². The van der Waals surface area contributed by atoms with Crippen molar-refractivity contribution < 1.29 is 9.53 Å². The molecule has 1 aromatic heterocycles. The molecule has 1 atom stereocenters. The molecule has 0 bridgehead atoms. The molecule has 0 spiro atoms. The summed E-state index contributed by atoms with van der Waals surface area (Å²) in [5.41, 5.74) is 5.32. The van der Waals surface area contributed by atoms with Gasteiger partial charge in [-0.05, 0) is 6.07 Å². The van der Waals surface area contributed by atoms with Gasteiger partial charge in [-0.25, -0.2) is 9.97 Å². The molecule has 1 unspecified atom stereocenters. The second-order valence-electron chi connectivity index (χ2n) is 2.65. The number of aromatic nitrogens is 2. The maximum Gasteiger partial charge on any atom is 0.257 e. The highest BCUT2D eigenvalue weighted by molar-refractivity contribution is 6.29. The van der Waals surface area contributed by atoms with E-state index in [0.717, 1.165) is 0 Å². The molecule has 0 saturated carbocycles. The van der Waals surface area contributed by atoms with Crippen molar-refractivity contribution in [2.24, 2.45) is 5.73 Å². The summed E-state index contributed by atoms with van der Waals surface area (Å²) in [6, 6.07) is 1.51. The van der Waals surface area contributed by atoms with Crippen LogP contribution in [0, 0.1) is 0 Å². The molecule has 0 radical (unpaired) electrons. The first-order valence-electron chi connectivity index (χ1n) is 4.19. The van der Waals surface area contributed by atoms with Gasteiger partial charge in [-0.2, -0.15) is 0 Å². The average Bonchev–Trinajstić information content (AvgIpc) is 2.19. The normalized spacial score (nSPS) is 12.2. The Labute approximate surface area is 91.8 Å². The zero-order valence-corrected chi connectivity index (χ0v) is 8.86. The molecule has 0 saturated heterocycles. The smallest absolute Gasteiger partial charge is 0.257 e. The fourth-order valence-electron chi connectivity index (χ4n) is 0.898. The van der Waals surface area contributed by atoms with Crippen molar-refractivity contribution in [2.45, 2.75) is 6.10 Å². The molecular weight excluding hydrogens is 220 g/mol. The SMILES string of the molecule is COC(CN)C(=O)Nc1nccc(Cl)n1. The fourth-order valence-corrected chi connectivity index (χ4v) is 1.03. The third-order valence-corrected chi connectivity index (χ3v) is 1.86. The summed E-state index contributed by atoms with van der Waals surface area (Å²) in [5, 5.41) is 2.69. The number of amides is 1. The molecule has 3 N–H and O–H groups in total. The van der Waals surface area contributed by atoms with E-state index in [9.17, 15) is 4.79 Å². The number of hydrogen-bond acceptors (Lipinski definition) is 5. The van der Waals surface area contributed by atoms with E-state index in [1.807, 2.05) is 0 Å². The largest absolute Gasteiger partial charge is 0.370 e. The van der Waals surface area contributed by atoms with Gasteiger partial charge in [-0.15, -0.1) is 0 Å². The van der Waals surface area contributed by atoms with Crippen LogP contribution in [0.2, 0.25) is 5.15 Å². The Balaban J connectivity index is 2.65. The van der Waals surface area contributed by atoms with E-state index < -0.39 is 12.0 Å². The molecule has 6 nitrogen and oxygen atoms in total. The van der Waals surface area contributed by atoms with Crippen molar-refractivity contribution in [3.63, 3.8) is 0 Å². The number of nitrogens with one attached hydrogen (secondary N) is 1. The molecule has 0 aliphatic carbocycles. The van der Waals surface area contributed by atoms with Crippen LogP contribution >= 0.6 is 11.6 Å². The van der Waals surface area contributed by atoms with E-state index >= 15 is 0 Å². The Morgan fingerprint density at radius 3 is 3.07 bits per heavy atom. The Hall–Kier alpha value is -1.24. The van der Waals surface area contributed by atoms with Gasteiger partial charge in [0.15, 0.2) is 0 Å². The molecule has 1 amide bonds. The minimum absolute atomic E-state index is 0.0862. The van der Waals surface area contributed by atoms with Crippen LogP contribution in [0.3, 0.4) is 0 Å². The third-order valence-electron chi connectivity index (χ3n) is 1.65. The maximum atomic E-state index is 11.4. The number of halogens is 1. The minimum Gasteiger partial charge on any atom is -0.370 e. The number of hydrogen-bond donors (Lipinski definition) is 2. The molecule has 1 aromatic rings. The molecule has 0 aliphatic heterocycles. The predicted molar refractivity (Wildman–Crippen MR) is 55.5 cm³/mol. The summed E-state index contributed by atoms with van der Waals surface area (Å²) in [5.74, 6) is -0.273.